The molecule has 3 heteroatoms. The molecule has 0 unspecified atom stereocenters. The molecule has 0 amide bonds. The average molecular weight is 751 g/mol. The second-order valence-corrected chi connectivity index (χ2v) is 15.8. The number of nitrogens with zero attached hydrogens (tertiary/aromatic N) is 2. The minimum atomic E-state index is -0.441. The zero-order chi connectivity index (χ0) is 38.7. The van der Waals surface area contributed by atoms with Crippen molar-refractivity contribution in [3.63, 3.8) is 0 Å². The Balaban J connectivity index is 1.04. The highest BCUT2D eigenvalue weighted by Gasteiger charge is 2.51. The van der Waals surface area contributed by atoms with E-state index in [0.29, 0.717) is 0 Å². The minimum absolute atomic E-state index is 0.441. The highest BCUT2D eigenvalue weighted by Crippen LogP contribution is 2.63. The Morgan fingerprint density at radius 3 is 1.66 bits per heavy atom. The molecule has 1 spiro atoms. The Morgan fingerprint density at radius 1 is 0.407 bits per heavy atom. The first-order valence-electron chi connectivity index (χ1n) is 20.3. The van der Waals surface area contributed by atoms with Gasteiger partial charge in [-0.1, -0.05) is 164 Å². The van der Waals surface area contributed by atoms with Crippen LogP contribution in [0.2, 0.25) is 0 Å². The average Bonchev–Trinajstić information content (AvgIpc) is 3.84. The van der Waals surface area contributed by atoms with Gasteiger partial charge in [-0.3, -0.25) is 0 Å². The van der Waals surface area contributed by atoms with Crippen molar-refractivity contribution in [2.75, 3.05) is 4.90 Å². The summed E-state index contributed by atoms with van der Waals surface area (Å²) < 4.78 is 6.86. The largest absolute Gasteiger partial charge is 0.455 e. The third-order valence-electron chi connectivity index (χ3n) is 12.8. The normalized spacial score (nSPS) is 13.5. The number of fused-ring (bicyclic) bond motifs is 16. The predicted molar refractivity (Wildman–Crippen MR) is 243 cm³/mol. The molecule has 1 aliphatic heterocycles. The summed E-state index contributed by atoms with van der Waals surface area (Å²) in [4.78, 5) is 7.77. The molecule has 2 aliphatic rings. The number of rotatable bonds is 3. The topological polar surface area (TPSA) is 29.3 Å². The van der Waals surface area contributed by atoms with Gasteiger partial charge in [0.05, 0.1) is 28.0 Å². The molecule has 2 aromatic heterocycles. The van der Waals surface area contributed by atoms with E-state index in [0.717, 1.165) is 66.3 Å². The molecule has 3 nitrogen and oxygen atoms in total. The molecular weight excluding hydrogens is 717 g/mol. The van der Waals surface area contributed by atoms with Gasteiger partial charge in [0.15, 0.2) is 0 Å². The summed E-state index contributed by atoms with van der Waals surface area (Å²) in [6.07, 6.45) is 0. The summed E-state index contributed by atoms with van der Waals surface area (Å²) in [6.45, 7) is 0. The molecule has 0 saturated carbocycles. The summed E-state index contributed by atoms with van der Waals surface area (Å²) in [6, 6.07) is 74.7. The molecule has 1 aliphatic carbocycles. The zero-order valence-electron chi connectivity index (χ0n) is 31.9. The lowest BCUT2D eigenvalue weighted by Gasteiger charge is -2.45. The summed E-state index contributed by atoms with van der Waals surface area (Å²) >= 11 is 0. The third kappa shape index (κ3) is 4.34. The van der Waals surface area contributed by atoms with Gasteiger partial charge in [-0.2, -0.15) is 0 Å². The Kier molecular flexibility index (Phi) is 6.65. The Hall–Kier alpha value is -7.75. The van der Waals surface area contributed by atoms with Gasteiger partial charge in [0.1, 0.15) is 11.2 Å². The van der Waals surface area contributed by atoms with Crippen LogP contribution >= 0.6 is 0 Å². The van der Waals surface area contributed by atoms with Crippen molar-refractivity contribution in [3.8, 4) is 33.5 Å². The summed E-state index contributed by atoms with van der Waals surface area (Å²) in [7, 11) is 0. The number of para-hydroxylation sites is 4. The molecular formula is C56H34N2O. The standard InChI is InChI=1S/C56H34N2O/c1-2-16-36(17-3-1)54-43-34-42(55-53(41-21-7-15-29-51(41)59-55)52(43)40-20-6-12-26-48(40)57-54)35-30-32-37(33-31-35)58-49-27-13-10-24-46(49)56(47-25-11-14-28-50(47)58)44-22-8-4-18-38(44)39-19-5-9-23-45(39)56/h1-34H. The molecule has 274 valence electrons. The van der Waals surface area contributed by atoms with Crippen molar-refractivity contribution < 1.29 is 4.42 Å². The maximum atomic E-state index is 6.86. The molecule has 9 aromatic carbocycles. The number of hydrogen-bond acceptors (Lipinski definition) is 3. The van der Waals surface area contributed by atoms with E-state index in [9.17, 15) is 0 Å². The lowest BCUT2D eigenvalue weighted by molar-refractivity contribution is 0.670. The van der Waals surface area contributed by atoms with Gasteiger partial charge in [-0.15, -0.1) is 0 Å². The first-order valence-corrected chi connectivity index (χ1v) is 20.3. The number of pyridine rings is 1. The Bertz CT molecular complexity index is 3410. The van der Waals surface area contributed by atoms with Crippen LogP contribution in [-0.2, 0) is 5.41 Å². The van der Waals surface area contributed by atoms with Crippen LogP contribution in [0.4, 0.5) is 17.1 Å². The van der Waals surface area contributed by atoms with Crippen LogP contribution in [0.3, 0.4) is 0 Å². The molecule has 0 radical (unpaired) electrons. The Morgan fingerprint density at radius 2 is 0.966 bits per heavy atom. The molecule has 0 fully saturated rings. The van der Waals surface area contributed by atoms with E-state index in [2.05, 4.69) is 211 Å². The second kappa shape index (κ2) is 12.1. The van der Waals surface area contributed by atoms with Crippen molar-refractivity contribution in [2.45, 2.75) is 5.41 Å². The van der Waals surface area contributed by atoms with E-state index in [1.54, 1.807) is 0 Å². The lowest BCUT2D eigenvalue weighted by Crippen LogP contribution is -2.36. The fourth-order valence-corrected chi connectivity index (χ4v) is 10.5. The lowest BCUT2D eigenvalue weighted by atomic mass is 9.64. The monoisotopic (exact) mass is 750 g/mol. The van der Waals surface area contributed by atoms with E-state index in [4.69, 9.17) is 9.40 Å². The van der Waals surface area contributed by atoms with Gasteiger partial charge in [0, 0.05) is 43.7 Å². The molecule has 59 heavy (non-hydrogen) atoms. The SMILES string of the molecule is c1ccc(-c2nc3ccccc3c3c2cc(-c2ccc(N4c5ccccc5C5(c6ccccc6-c6ccccc65)c5ccccc54)cc2)c2oc4ccccc4c23)cc1. The number of furan rings is 1. The van der Waals surface area contributed by atoms with Crippen LogP contribution in [0.5, 0.6) is 0 Å². The summed E-state index contributed by atoms with van der Waals surface area (Å²) in [5.41, 5.74) is 17.8. The van der Waals surface area contributed by atoms with Crippen LogP contribution in [0.1, 0.15) is 22.3 Å². The van der Waals surface area contributed by atoms with Crippen LogP contribution in [0, 0.1) is 0 Å². The molecule has 13 rings (SSSR count). The summed E-state index contributed by atoms with van der Waals surface area (Å²) in [5.74, 6) is 0. The smallest absolute Gasteiger partial charge is 0.143 e. The molecule has 11 aromatic rings. The van der Waals surface area contributed by atoms with Crippen molar-refractivity contribution >= 4 is 60.7 Å². The fourth-order valence-electron chi connectivity index (χ4n) is 10.5. The van der Waals surface area contributed by atoms with Gasteiger partial charge < -0.3 is 9.32 Å². The number of hydrogen-bond donors (Lipinski definition) is 0. The third-order valence-corrected chi connectivity index (χ3v) is 12.8. The van der Waals surface area contributed by atoms with Crippen LogP contribution in [-0.4, -0.2) is 4.98 Å². The van der Waals surface area contributed by atoms with E-state index >= 15 is 0 Å². The van der Waals surface area contributed by atoms with Gasteiger partial charge in [0.2, 0.25) is 0 Å². The van der Waals surface area contributed by atoms with Crippen molar-refractivity contribution in [1.82, 2.24) is 4.98 Å². The van der Waals surface area contributed by atoms with Crippen molar-refractivity contribution in [3.05, 3.63) is 229 Å². The van der Waals surface area contributed by atoms with Crippen LogP contribution in [0.15, 0.2) is 211 Å². The van der Waals surface area contributed by atoms with E-state index in [1.807, 2.05) is 0 Å². The molecule has 0 N–H and O–H groups in total. The molecule has 0 saturated heterocycles. The van der Waals surface area contributed by atoms with Gasteiger partial charge in [-0.05, 0) is 81.4 Å². The van der Waals surface area contributed by atoms with Crippen molar-refractivity contribution in [2.24, 2.45) is 0 Å². The van der Waals surface area contributed by atoms with Crippen LogP contribution < -0.4 is 4.90 Å². The maximum absolute atomic E-state index is 6.86. The second-order valence-electron chi connectivity index (χ2n) is 15.8. The highest BCUT2D eigenvalue weighted by atomic mass is 16.3. The van der Waals surface area contributed by atoms with E-state index < -0.39 is 5.41 Å². The van der Waals surface area contributed by atoms with Gasteiger partial charge in [0.25, 0.3) is 0 Å². The molecule has 0 bridgehead atoms. The first-order chi connectivity index (χ1) is 29.3. The highest BCUT2D eigenvalue weighted by molar-refractivity contribution is 6.30. The maximum Gasteiger partial charge on any atom is 0.143 e. The zero-order valence-corrected chi connectivity index (χ0v) is 31.9. The Labute approximate surface area is 341 Å². The molecule has 3 heterocycles. The fraction of sp³-hybridized carbons (Fsp3) is 0.0179. The van der Waals surface area contributed by atoms with E-state index in [1.165, 1.54) is 50.1 Å². The van der Waals surface area contributed by atoms with Crippen LogP contribution in [0.25, 0.3) is 77.1 Å². The predicted octanol–water partition coefficient (Wildman–Crippen LogP) is 14.8. The van der Waals surface area contributed by atoms with Gasteiger partial charge in [-0.25, -0.2) is 4.98 Å². The van der Waals surface area contributed by atoms with Gasteiger partial charge >= 0.3 is 0 Å². The molecule has 0 atom stereocenters. The quantitative estimate of drug-likeness (QED) is 0.168. The first kappa shape index (κ1) is 32.3. The van der Waals surface area contributed by atoms with E-state index in [-0.39, 0.29) is 0 Å². The number of anilines is 3. The number of benzene rings is 9. The summed E-state index contributed by atoms with van der Waals surface area (Å²) in [5, 5.41) is 5.61. The van der Waals surface area contributed by atoms with Crippen molar-refractivity contribution in [1.29, 1.82) is 0 Å². The minimum Gasteiger partial charge on any atom is -0.455 e. The number of aromatic nitrogens is 1.